The number of amides is 1. The van der Waals surface area contributed by atoms with Crippen LogP contribution in [0, 0.1) is 5.92 Å². The van der Waals surface area contributed by atoms with Crippen LogP contribution >= 0.6 is 11.8 Å². The summed E-state index contributed by atoms with van der Waals surface area (Å²) in [5.41, 5.74) is -0.925. The number of carbonyl (C=O) groups excluding carboxylic acids is 1. The smallest absolute Gasteiger partial charge is 0.327 e. The van der Waals surface area contributed by atoms with Crippen LogP contribution in [0.2, 0.25) is 0 Å². The van der Waals surface area contributed by atoms with Gasteiger partial charge in [-0.2, -0.15) is 0 Å². The molecule has 108 valence electrons. The van der Waals surface area contributed by atoms with Crippen molar-refractivity contribution in [3.63, 3.8) is 0 Å². The second-order valence-electron chi connectivity index (χ2n) is 5.42. The van der Waals surface area contributed by atoms with Crippen LogP contribution in [0.4, 0.5) is 0 Å². The maximum absolute atomic E-state index is 12.7. The Morgan fingerprint density at radius 1 is 1.47 bits per heavy atom. The van der Waals surface area contributed by atoms with E-state index < -0.39 is 17.6 Å². The molecule has 0 aromatic carbocycles. The number of carbonyl (C=O) groups is 2. The number of hydrogen-bond acceptors (Lipinski definition) is 4. The van der Waals surface area contributed by atoms with E-state index in [1.165, 1.54) is 7.11 Å². The normalized spacial score (nSPS) is 30.2. The summed E-state index contributed by atoms with van der Waals surface area (Å²) in [5, 5.41) is 9.32. The van der Waals surface area contributed by atoms with E-state index >= 15 is 0 Å². The molecule has 2 fully saturated rings. The van der Waals surface area contributed by atoms with Gasteiger partial charge in [0.2, 0.25) is 0 Å². The fraction of sp³-hybridized carbons (Fsp3) is 0.846. The van der Waals surface area contributed by atoms with Crippen LogP contribution in [0.15, 0.2) is 0 Å². The number of carboxylic acid groups (broad SMARTS) is 1. The minimum Gasteiger partial charge on any atom is -0.480 e. The van der Waals surface area contributed by atoms with Gasteiger partial charge in [0.15, 0.2) is 0 Å². The van der Waals surface area contributed by atoms with Gasteiger partial charge >= 0.3 is 5.97 Å². The molecule has 0 spiro atoms. The van der Waals surface area contributed by atoms with Crippen molar-refractivity contribution in [2.45, 2.75) is 50.1 Å². The zero-order valence-electron chi connectivity index (χ0n) is 11.6. The van der Waals surface area contributed by atoms with Crippen molar-refractivity contribution in [2.24, 2.45) is 5.92 Å². The molecule has 0 bridgehead atoms. The van der Waals surface area contributed by atoms with Gasteiger partial charge in [0.1, 0.15) is 11.6 Å². The van der Waals surface area contributed by atoms with E-state index in [1.807, 2.05) is 6.92 Å². The monoisotopic (exact) mass is 287 g/mol. The Morgan fingerprint density at radius 3 is 2.53 bits per heavy atom. The molecular formula is C13H21NO4S. The van der Waals surface area contributed by atoms with Crippen molar-refractivity contribution in [1.29, 1.82) is 0 Å². The zero-order chi connectivity index (χ0) is 14.2. The first-order valence-corrected chi connectivity index (χ1v) is 7.71. The maximum atomic E-state index is 12.7. The number of carboxylic acids is 1. The van der Waals surface area contributed by atoms with E-state index in [0.29, 0.717) is 18.1 Å². The third-order valence-electron chi connectivity index (χ3n) is 4.16. The summed E-state index contributed by atoms with van der Waals surface area (Å²) < 4.78 is 5.34. The van der Waals surface area contributed by atoms with Crippen molar-refractivity contribution < 1.29 is 19.4 Å². The molecule has 19 heavy (non-hydrogen) atoms. The minimum atomic E-state index is -0.925. The molecule has 2 aliphatic rings. The third-order valence-corrected chi connectivity index (χ3v) is 5.62. The lowest BCUT2D eigenvalue weighted by molar-refractivity contribution is -0.162. The summed E-state index contributed by atoms with van der Waals surface area (Å²) in [6, 6.07) is -0.718. The predicted octanol–water partition coefficient (Wildman–Crippen LogP) is 1.57. The first kappa shape index (κ1) is 14.7. The number of thioether (sulfide) groups is 1. The summed E-state index contributed by atoms with van der Waals surface area (Å²) >= 11 is 1.59. The highest BCUT2D eigenvalue weighted by molar-refractivity contribution is 8.00. The fourth-order valence-corrected chi connectivity index (χ4v) is 4.01. The molecule has 1 amide bonds. The fourth-order valence-electron chi connectivity index (χ4n) is 2.38. The molecule has 0 aromatic heterocycles. The number of rotatable bonds is 5. The molecule has 3 unspecified atom stereocenters. The summed E-state index contributed by atoms with van der Waals surface area (Å²) in [6.07, 6.45) is 2.71. The van der Waals surface area contributed by atoms with Crippen LogP contribution in [-0.4, -0.2) is 51.8 Å². The Labute approximate surface area is 117 Å². The van der Waals surface area contributed by atoms with Gasteiger partial charge in [-0.25, -0.2) is 4.79 Å². The van der Waals surface area contributed by atoms with E-state index in [-0.39, 0.29) is 11.3 Å². The quantitative estimate of drug-likeness (QED) is 0.831. The van der Waals surface area contributed by atoms with Crippen molar-refractivity contribution in [3.05, 3.63) is 0 Å². The van der Waals surface area contributed by atoms with Gasteiger partial charge in [-0.1, -0.05) is 6.92 Å². The van der Waals surface area contributed by atoms with Crippen molar-refractivity contribution in [1.82, 2.24) is 4.90 Å². The largest absolute Gasteiger partial charge is 0.480 e. The van der Waals surface area contributed by atoms with E-state index in [0.717, 1.165) is 12.8 Å². The summed E-state index contributed by atoms with van der Waals surface area (Å²) in [6.45, 7) is 3.62. The molecule has 1 N–H and O–H groups in total. The number of ether oxygens (including phenoxy) is 1. The Balaban J connectivity index is 2.25. The lowest BCUT2D eigenvalue weighted by Crippen LogP contribution is -2.55. The molecule has 1 saturated heterocycles. The molecule has 5 nitrogen and oxygen atoms in total. The van der Waals surface area contributed by atoms with Crippen LogP contribution in [0.5, 0.6) is 0 Å². The zero-order valence-corrected chi connectivity index (χ0v) is 12.4. The highest BCUT2D eigenvalue weighted by atomic mass is 32.2. The van der Waals surface area contributed by atoms with E-state index in [4.69, 9.17) is 4.74 Å². The van der Waals surface area contributed by atoms with Gasteiger partial charge in [0.25, 0.3) is 5.91 Å². The van der Waals surface area contributed by atoms with E-state index in [9.17, 15) is 14.7 Å². The van der Waals surface area contributed by atoms with Crippen LogP contribution in [-0.2, 0) is 14.3 Å². The minimum absolute atomic E-state index is 0.00891. The lowest BCUT2D eigenvalue weighted by atomic mass is 10.00. The van der Waals surface area contributed by atoms with Gasteiger partial charge < -0.3 is 14.7 Å². The molecule has 1 aliphatic heterocycles. The lowest BCUT2D eigenvalue weighted by Gasteiger charge is -2.35. The van der Waals surface area contributed by atoms with Gasteiger partial charge in [0.05, 0.1) is 5.37 Å². The molecule has 1 heterocycles. The third kappa shape index (κ3) is 2.60. The van der Waals surface area contributed by atoms with Gasteiger partial charge in [-0.15, -0.1) is 11.8 Å². The van der Waals surface area contributed by atoms with Gasteiger partial charge in [-0.05, 0) is 32.1 Å². The first-order valence-electron chi connectivity index (χ1n) is 6.67. The number of hydrogen-bond donors (Lipinski definition) is 1. The average Bonchev–Trinajstić information content (AvgIpc) is 3.15. The predicted molar refractivity (Wildman–Crippen MR) is 72.9 cm³/mol. The Hall–Kier alpha value is -0.750. The average molecular weight is 287 g/mol. The van der Waals surface area contributed by atoms with Crippen LogP contribution in [0.3, 0.4) is 0 Å². The molecule has 6 heteroatoms. The first-order chi connectivity index (χ1) is 8.94. The van der Waals surface area contributed by atoms with Crippen LogP contribution in [0.1, 0.15) is 33.1 Å². The summed E-state index contributed by atoms with van der Waals surface area (Å²) in [7, 11) is 1.51. The van der Waals surface area contributed by atoms with Gasteiger partial charge in [0, 0.05) is 12.9 Å². The molecule has 1 aliphatic carbocycles. The van der Waals surface area contributed by atoms with Crippen molar-refractivity contribution in [2.75, 3.05) is 12.9 Å². The van der Waals surface area contributed by atoms with E-state index in [1.54, 1.807) is 23.6 Å². The Morgan fingerprint density at radius 2 is 2.11 bits per heavy atom. The molecular weight excluding hydrogens is 266 g/mol. The van der Waals surface area contributed by atoms with E-state index in [2.05, 4.69) is 0 Å². The van der Waals surface area contributed by atoms with Crippen LogP contribution < -0.4 is 0 Å². The number of aliphatic carboxylic acids is 1. The molecule has 1 saturated carbocycles. The van der Waals surface area contributed by atoms with Crippen LogP contribution in [0.25, 0.3) is 0 Å². The second kappa shape index (κ2) is 5.32. The molecule has 2 rings (SSSR count). The summed E-state index contributed by atoms with van der Waals surface area (Å²) in [4.78, 5) is 25.6. The number of methoxy groups -OCH3 is 1. The highest BCUT2D eigenvalue weighted by Crippen LogP contribution is 2.46. The molecule has 0 radical (unpaired) electrons. The Kier molecular flexibility index (Phi) is 4.11. The highest BCUT2D eigenvalue weighted by Gasteiger charge is 2.51. The number of nitrogens with zero attached hydrogens (tertiary/aromatic N) is 1. The van der Waals surface area contributed by atoms with Gasteiger partial charge in [-0.3, -0.25) is 4.79 Å². The topological polar surface area (TPSA) is 66.8 Å². The standard InChI is InChI=1S/C13H21NO4S/c1-4-13(2,18-3)12(17)14-9(11(15)16)7-19-10(14)8-5-6-8/h8-10H,4-7H2,1-3H3,(H,15,16). The van der Waals surface area contributed by atoms with Crippen molar-refractivity contribution in [3.8, 4) is 0 Å². The Bertz CT molecular complexity index is 379. The molecule has 3 atom stereocenters. The van der Waals surface area contributed by atoms with Crippen molar-refractivity contribution >= 4 is 23.6 Å². The SMILES string of the molecule is CCC(C)(OC)C(=O)N1C(C(=O)O)CSC1C1CC1. The second-order valence-corrected chi connectivity index (χ2v) is 6.57. The summed E-state index contributed by atoms with van der Waals surface area (Å²) in [5.74, 6) is -0.173. The maximum Gasteiger partial charge on any atom is 0.327 e. The molecule has 0 aromatic rings.